The molecule has 0 unspecified atom stereocenters. The zero-order chi connectivity index (χ0) is 19.4. The molecule has 0 aromatic heterocycles. The van der Waals surface area contributed by atoms with Gasteiger partial charge in [0.15, 0.2) is 0 Å². The van der Waals surface area contributed by atoms with Crippen molar-refractivity contribution in [2.24, 2.45) is 0 Å². The van der Waals surface area contributed by atoms with Crippen LogP contribution in [0.1, 0.15) is 5.56 Å². The highest BCUT2D eigenvalue weighted by atomic mass is 35.5. The number of nitrogens with one attached hydrogen (secondary N) is 1. The summed E-state index contributed by atoms with van der Waals surface area (Å²) in [7, 11) is 1.64. The summed E-state index contributed by atoms with van der Waals surface area (Å²) in [5, 5.41) is 3.17. The number of carbonyl (C=O) groups excluding carboxylic acids is 2. The van der Waals surface area contributed by atoms with Crippen LogP contribution in [0.15, 0.2) is 42.5 Å². The van der Waals surface area contributed by atoms with Gasteiger partial charge in [0.05, 0.1) is 12.8 Å². The molecule has 1 heterocycles. The molecule has 142 valence electrons. The third kappa shape index (κ3) is 4.34. The van der Waals surface area contributed by atoms with E-state index in [1.54, 1.807) is 30.2 Å². The number of piperazine rings is 1. The number of hydrogen-bond acceptors (Lipinski definition) is 4. The molecule has 3 rings (SSSR count). The number of para-hydroxylation sites is 2. The first-order chi connectivity index (χ1) is 13.0. The number of anilines is 2. The van der Waals surface area contributed by atoms with Gasteiger partial charge in [0, 0.05) is 36.9 Å². The Morgan fingerprint density at radius 1 is 1.07 bits per heavy atom. The Balaban J connectivity index is 1.61. The topological polar surface area (TPSA) is 61.9 Å². The van der Waals surface area contributed by atoms with E-state index in [1.807, 2.05) is 31.2 Å². The lowest BCUT2D eigenvalue weighted by atomic mass is 10.2. The lowest BCUT2D eigenvalue weighted by molar-refractivity contribution is -0.143. The number of nitrogens with zero attached hydrogens (tertiary/aromatic N) is 2. The number of rotatable bonds is 3. The minimum absolute atomic E-state index is 0.471. The maximum Gasteiger partial charge on any atom is 0.313 e. The van der Waals surface area contributed by atoms with E-state index in [2.05, 4.69) is 10.2 Å². The second-order valence-electron chi connectivity index (χ2n) is 6.36. The molecule has 0 radical (unpaired) electrons. The summed E-state index contributed by atoms with van der Waals surface area (Å²) in [4.78, 5) is 28.6. The van der Waals surface area contributed by atoms with Gasteiger partial charge >= 0.3 is 11.8 Å². The Morgan fingerprint density at radius 3 is 2.48 bits per heavy atom. The number of amides is 2. The van der Waals surface area contributed by atoms with Crippen LogP contribution in [-0.2, 0) is 9.59 Å². The molecule has 0 atom stereocenters. The fourth-order valence-corrected chi connectivity index (χ4v) is 3.26. The predicted molar refractivity (Wildman–Crippen MR) is 107 cm³/mol. The van der Waals surface area contributed by atoms with Crippen molar-refractivity contribution in [2.45, 2.75) is 6.92 Å². The molecule has 2 aromatic carbocycles. The van der Waals surface area contributed by atoms with Crippen LogP contribution < -0.4 is 15.0 Å². The molecule has 1 saturated heterocycles. The van der Waals surface area contributed by atoms with Crippen LogP contribution in [0.4, 0.5) is 11.4 Å². The number of halogens is 1. The summed E-state index contributed by atoms with van der Waals surface area (Å²) in [6.45, 7) is 4.06. The molecule has 1 fully saturated rings. The Bertz CT molecular complexity index is 848. The van der Waals surface area contributed by atoms with E-state index in [0.717, 1.165) is 17.0 Å². The molecule has 0 spiro atoms. The van der Waals surface area contributed by atoms with Gasteiger partial charge in [-0.25, -0.2) is 0 Å². The van der Waals surface area contributed by atoms with Gasteiger partial charge in [-0.1, -0.05) is 29.8 Å². The molecule has 7 heteroatoms. The lowest BCUT2D eigenvalue weighted by Crippen LogP contribution is -2.51. The predicted octanol–water partition coefficient (Wildman–Crippen LogP) is 2.94. The smallest absolute Gasteiger partial charge is 0.313 e. The van der Waals surface area contributed by atoms with Crippen LogP contribution in [0.2, 0.25) is 5.02 Å². The summed E-state index contributed by atoms with van der Waals surface area (Å²) >= 11 is 5.97. The van der Waals surface area contributed by atoms with Crippen molar-refractivity contribution in [3.8, 4) is 5.75 Å². The SMILES string of the molecule is COc1ccccc1N1CCN(C(=O)C(=O)Nc2cc(Cl)ccc2C)CC1. The van der Waals surface area contributed by atoms with E-state index in [4.69, 9.17) is 16.3 Å². The van der Waals surface area contributed by atoms with Crippen molar-refractivity contribution in [3.63, 3.8) is 0 Å². The molecule has 0 saturated carbocycles. The van der Waals surface area contributed by atoms with Crippen LogP contribution >= 0.6 is 11.6 Å². The molecule has 1 N–H and O–H groups in total. The average Bonchev–Trinajstić information content (AvgIpc) is 2.70. The van der Waals surface area contributed by atoms with Crippen LogP contribution in [0, 0.1) is 6.92 Å². The van der Waals surface area contributed by atoms with E-state index in [0.29, 0.717) is 36.9 Å². The Labute approximate surface area is 163 Å². The van der Waals surface area contributed by atoms with E-state index in [-0.39, 0.29) is 0 Å². The van der Waals surface area contributed by atoms with Crippen molar-refractivity contribution in [1.82, 2.24) is 4.90 Å². The standard InChI is InChI=1S/C20H22ClN3O3/c1-14-7-8-15(21)13-16(14)22-19(25)20(26)24-11-9-23(10-12-24)17-5-3-4-6-18(17)27-2/h3-8,13H,9-12H2,1-2H3,(H,22,25). The van der Waals surface area contributed by atoms with Crippen LogP contribution in [0.5, 0.6) is 5.75 Å². The summed E-state index contributed by atoms with van der Waals surface area (Å²) < 4.78 is 5.40. The first-order valence-electron chi connectivity index (χ1n) is 8.74. The number of methoxy groups -OCH3 is 1. The van der Waals surface area contributed by atoms with E-state index in [9.17, 15) is 9.59 Å². The third-order valence-corrected chi connectivity index (χ3v) is 4.87. The largest absolute Gasteiger partial charge is 0.495 e. The minimum atomic E-state index is -0.647. The fourth-order valence-electron chi connectivity index (χ4n) is 3.09. The summed E-state index contributed by atoms with van der Waals surface area (Å²) in [5.41, 5.74) is 2.39. The maximum atomic E-state index is 12.5. The summed E-state index contributed by atoms with van der Waals surface area (Å²) in [6, 6.07) is 13.0. The molecule has 0 aliphatic carbocycles. The first kappa shape index (κ1) is 19.0. The zero-order valence-corrected chi connectivity index (χ0v) is 16.1. The average molecular weight is 388 g/mol. The molecular formula is C20H22ClN3O3. The Kier molecular flexibility index (Phi) is 5.86. The van der Waals surface area contributed by atoms with Gasteiger partial charge in [0.2, 0.25) is 0 Å². The van der Waals surface area contributed by atoms with Crippen molar-refractivity contribution >= 4 is 34.8 Å². The number of carbonyl (C=O) groups is 2. The van der Waals surface area contributed by atoms with Gasteiger partial charge < -0.3 is 19.9 Å². The molecule has 0 bridgehead atoms. The highest BCUT2D eigenvalue weighted by Gasteiger charge is 2.27. The van der Waals surface area contributed by atoms with Gasteiger partial charge in [0.25, 0.3) is 0 Å². The second-order valence-corrected chi connectivity index (χ2v) is 6.80. The summed E-state index contributed by atoms with van der Waals surface area (Å²) in [5.74, 6) is -0.383. The summed E-state index contributed by atoms with van der Waals surface area (Å²) in [6.07, 6.45) is 0. The Morgan fingerprint density at radius 2 is 1.78 bits per heavy atom. The van der Waals surface area contributed by atoms with Crippen molar-refractivity contribution < 1.29 is 14.3 Å². The highest BCUT2D eigenvalue weighted by Crippen LogP contribution is 2.28. The second kappa shape index (κ2) is 8.31. The number of hydrogen-bond donors (Lipinski definition) is 1. The van der Waals surface area contributed by atoms with Crippen molar-refractivity contribution in [2.75, 3.05) is 43.5 Å². The molecule has 27 heavy (non-hydrogen) atoms. The van der Waals surface area contributed by atoms with Gasteiger partial charge in [0.1, 0.15) is 5.75 Å². The zero-order valence-electron chi connectivity index (χ0n) is 15.4. The normalized spacial score (nSPS) is 14.0. The minimum Gasteiger partial charge on any atom is -0.495 e. The number of aryl methyl sites for hydroxylation is 1. The quantitative estimate of drug-likeness (QED) is 0.822. The van der Waals surface area contributed by atoms with E-state index >= 15 is 0 Å². The number of benzene rings is 2. The monoisotopic (exact) mass is 387 g/mol. The molecule has 1 aliphatic rings. The molecule has 6 nitrogen and oxygen atoms in total. The third-order valence-electron chi connectivity index (χ3n) is 4.63. The van der Waals surface area contributed by atoms with Gasteiger partial charge in [-0.05, 0) is 36.8 Å². The van der Waals surface area contributed by atoms with E-state index in [1.165, 1.54) is 0 Å². The van der Waals surface area contributed by atoms with Crippen LogP contribution in [0.25, 0.3) is 0 Å². The molecular weight excluding hydrogens is 366 g/mol. The maximum absolute atomic E-state index is 12.5. The van der Waals surface area contributed by atoms with Crippen LogP contribution in [-0.4, -0.2) is 50.0 Å². The van der Waals surface area contributed by atoms with Gasteiger partial charge in [-0.2, -0.15) is 0 Å². The fraction of sp³-hybridized carbons (Fsp3) is 0.300. The molecule has 1 aliphatic heterocycles. The van der Waals surface area contributed by atoms with Crippen LogP contribution in [0.3, 0.4) is 0 Å². The van der Waals surface area contributed by atoms with Gasteiger partial charge in [-0.3, -0.25) is 9.59 Å². The Hall–Kier alpha value is -2.73. The van der Waals surface area contributed by atoms with Crippen molar-refractivity contribution in [1.29, 1.82) is 0 Å². The van der Waals surface area contributed by atoms with E-state index < -0.39 is 11.8 Å². The lowest BCUT2D eigenvalue weighted by Gasteiger charge is -2.36. The first-order valence-corrected chi connectivity index (χ1v) is 9.12. The van der Waals surface area contributed by atoms with Gasteiger partial charge in [-0.15, -0.1) is 0 Å². The highest BCUT2D eigenvalue weighted by molar-refractivity contribution is 6.40. The molecule has 2 aromatic rings. The number of ether oxygens (including phenoxy) is 1. The molecule has 2 amide bonds. The van der Waals surface area contributed by atoms with Crippen molar-refractivity contribution in [3.05, 3.63) is 53.1 Å².